The molecule has 0 aliphatic heterocycles. The lowest BCUT2D eigenvalue weighted by Gasteiger charge is -2.57. The number of Topliss-reactive ketones (excluding diaryl/α,β-unsaturated/α-hetero) is 1. The average Bonchev–Trinajstić information content (AvgIpc) is 2.69. The van der Waals surface area contributed by atoms with Crippen LogP contribution in [0.25, 0.3) is 0 Å². The van der Waals surface area contributed by atoms with E-state index in [0.29, 0.717) is 30.1 Å². The van der Waals surface area contributed by atoms with Gasteiger partial charge in [0.2, 0.25) is 0 Å². The van der Waals surface area contributed by atoms with Gasteiger partial charge < -0.3 is 4.74 Å². The van der Waals surface area contributed by atoms with E-state index in [1.165, 1.54) is 24.8 Å². The Bertz CT molecular complexity index is 679. The van der Waals surface area contributed by atoms with E-state index in [0.717, 1.165) is 49.5 Å². The van der Waals surface area contributed by atoms with E-state index >= 15 is 0 Å². The normalized spacial score (nSPS) is 40.9. The summed E-state index contributed by atoms with van der Waals surface area (Å²) in [7, 11) is 0. The van der Waals surface area contributed by atoms with Gasteiger partial charge in [-0.2, -0.15) is 0 Å². The number of hydrogen-bond acceptors (Lipinski definition) is 2. The first-order chi connectivity index (χ1) is 12.8. The van der Waals surface area contributed by atoms with Crippen LogP contribution in [0.5, 0.6) is 0 Å². The zero-order valence-electron chi connectivity index (χ0n) is 15.6. The topological polar surface area (TPSA) is 26.3 Å². The number of carbonyl (C=O) groups is 1. The van der Waals surface area contributed by atoms with Gasteiger partial charge in [-0.15, -0.1) is 0 Å². The zero-order chi connectivity index (χ0) is 17.5. The summed E-state index contributed by atoms with van der Waals surface area (Å²) in [4.78, 5) is 12.5. The maximum absolute atomic E-state index is 12.5. The second kappa shape index (κ2) is 6.96. The third kappa shape index (κ3) is 2.87. The smallest absolute Gasteiger partial charge is 0.136 e. The number of allylic oxidation sites excluding steroid dienone is 1. The van der Waals surface area contributed by atoms with Crippen LogP contribution in [-0.4, -0.2) is 12.4 Å². The van der Waals surface area contributed by atoms with Crippen molar-refractivity contribution in [2.75, 3.05) is 6.61 Å². The van der Waals surface area contributed by atoms with E-state index in [4.69, 9.17) is 4.74 Å². The molecule has 0 saturated heterocycles. The minimum atomic E-state index is 0.384. The minimum Gasteiger partial charge on any atom is -0.376 e. The van der Waals surface area contributed by atoms with Crippen molar-refractivity contribution in [2.45, 2.75) is 45.1 Å². The van der Waals surface area contributed by atoms with Crippen LogP contribution in [0.2, 0.25) is 0 Å². The fourth-order valence-electron chi connectivity index (χ4n) is 6.79. The summed E-state index contributed by atoms with van der Waals surface area (Å²) in [6, 6.07) is 10.5. The van der Waals surface area contributed by atoms with E-state index in [2.05, 4.69) is 42.5 Å². The van der Waals surface area contributed by atoms with Gasteiger partial charge in [0.15, 0.2) is 0 Å². The van der Waals surface area contributed by atoms with Crippen LogP contribution < -0.4 is 0 Å². The molecule has 0 radical (unpaired) electrons. The molecule has 3 saturated carbocycles. The highest BCUT2D eigenvalue weighted by atomic mass is 16.5. The van der Waals surface area contributed by atoms with Gasteiger partial charge in [0.1, 0.15) is 5.78 Å². The third-order valence-corrected chi connectivity index (χ3v) is 7.88. The molecule has 2 nitrogen and oxygen atoms in total. The summed E-state index contributed by atoms with van der Waals surface area (Å²) in [5.74, 6) is 5.20. The molecule has 2 heteroatoms. The third-order valence-electron chi connectivity index (χ3n) is 7.88. The van der Waals surface area contributed by atoms with E-state index in [1.54, 1.807) is 0 Å². The van der Waals surface area contributed by atoms with Gasteiger partial charge >= 0.3 is 0 Å². The van der Waals surface area contributed by atoms with Crippen LogP contribution in [0, 0.1) is 41.4 Å². The van der Waals surface area contributed by atoms with Gasteiger partial charge in [-0.25, -0.2) is 0 Å². The van der Waals surface area contributed by atoms with Gasteiger partial charge in [-0.1, -0.05) is 42.5 Å². The summed E-state index contributed by atoms with van der Waals surface area (Å²) in [6.07, 6.45) is 12.0. The Morgan fingerprint density at radius 3 is 2.69 bits per heavy atom. The predicted molar refractivity (Wildman–Crippen MR) is 102 cm³/mol. The molecule has 0 N–H and O–H groups in total. The van der Waals surface area contributed by atoms with Gasteiger partial charge in [0.25, 0.3) is 0 Å². The fraction of sp³-hybridized carbons (Fsp3) is 0.625. The highest BCUT2D eigenvalue weighted by Crippen LogP contribution is 2.58. The molecule has 0 spiro atoms. The lowest BCUT2D eigenvalue weighted by Crippen LogP contribution is -2.53. The number of ketones is 1. The molecule has 3 fully saturated rings. The molecule has 1 aromatic carbocycles. The lowest BCUT2D eigenvalue weighted by molar-refractivity contribution is -0.140. The molecule has 4 aliphatic carbocycles. The molecule has 138 valence electrons. The number of ether oxygens (including phenoxy) is 1. The molecule has 26 heavy (non-hydrogen) atoms. The molecule has 0 heterocycles. The summed E-state index contributed by atoms with van der Waals surface area (Å²) >= 11 is 0. The number of benzene rings is 1. The molecule has 0 aromatic heterocycles. The van der Waals surface area contributed by atoms with Crippen molar-refractivity contribution < 1.29 is 9.53 Å². The first kappa shape index (κ1) is 16.7. The lowest BCUT2D eigenvalue weighted by atomic mass is 9.47. The van der Waals surface area contributed by atoms with Gasteiger partial charge in [0.05, 0.1) is 13.2 Å². The van der Waals surface area contributed by atoms with Crippen molar-refractivity contribution in [3.63, 3.8) is 0 Å². The standard InChI is InChI=1S/C24H30O2/c25-22-13-10-18-7-6-17-8-9-19(15-26-14-16-4-2-1-3-5-16)20-11-12-21(22)24(18)23(17)20/h1-5,8-9,17-21,23-24H,6-7,10-15H2/t17-,18-,19-,20-,21+,23+,24+/m0/s1. The van der Waals surface area contributed by atoms with Crippen LogP contribution in [0.3, 0.4) is 0 Å². The van der Waals surface area contributed by atoms with Crippen LogP contribution in [-0.2, 0) is 16.1 Å². The van der Waals surface area contributed by atoms with E-state index in [-0.39, 0.29) is 0 Å². The Morgan fingerprint density at radius 2 is 1.81 bits per heavy atom. The summed E-state index contributed by atoms with van der Waals surface area (Å²) < 4.78 is 6.13. The summed E-state index contributed by atoms with van der Waals surface area (Å²) in [6.45, 7) is 1.54. The highest BCUT2D eigenvalue weighted by Gasteiger charge is 2.54. The Balaban J connectivity index is 1.30. The largest absolute Gasteiger partial charge is 0.376 e. The van der Waals surface area contributed by atoms with E-state index in [9.17, 15) is 4.79 Å². The molecule has 0 amide bonds. The van der Waals surface area contributed by atoms with Gasteiger partial charge in [-0.3, -0.25) is 4.79 Å². The minimum absolute atomic E-state index is 0.384. The second-order valence-corrected chi connectivity index (χ2v) is 9.06. The first-order valence-electron chi connectivity index (χ1n) is 10.6. The van der Waals surface area contributed by atoms with Crippen LogP contribution in [0.15, 0.2) is 42.5 Å². The van der Waals surface area contributed by atoms with Crippen molar-refractivity contribution in [3.05, 3.63) is 48.0 Å². The molecule has 5 rings (SSSR count). The van der Waals surface area contributed by atoms with Gasteiger partial charge in [-0.05, 0) is 67.3 Å². The maximum Gasteiger partial charge on any atom is 0.136 e. The van der Waals surface area contributed by atoms with Crippen LogP contribution in [0.4, 0.5) is 0 Å². The fourth-order valence-corrected chi connectivity index (χ4v) is 6.79. The highest BCUT2D eigenvalue weighted by molar-refractivity contribution is 5.82. The average molecular weight is 351 g/mol. The molecule has 1 aromatic rings. The summed E-state index contributed by atoms with van der Waals surface area (Å²) in [5.41, 5.74) is 1.25. The van der Waals surface area contributed by atoms with Crippen molar-refractivity contribution in [1.29, 1.82) is 0 Å². The Labute approximate surface area is 157 Å². The monoisotopic (exact) mass is 350 g/mol. The molecular weight excluding hydrogens is 320 g/mol. The van der Waals surface area contributed by atoms with Crippen LogP contribution >= 0.6 is 0 Å². The predicted octanol–water partition coefficient (Wildman–Crippen LogP) is 5.04. The SMILES string of the molecule is O=C1CC[C@@H]2CC[C@H]3C=C[C@@H](COCc4ccccc4)[C@@H]4CC[C@H]1[C@@H]2[C@@H]43. The quantitative estimate of drug-likeness (QED) is 0.711. The van der Waals surface area contributed by atoms with Crippen molar-refractivity contribution in [3.8, 4) is 0 Å². The molecule has 7 atom stereocenters. The van der Waals surface area contributed by atoms with Crippen LogP contribution in [0.1, 0.15) is 44.1 Å². The first-order valence-corrected chi connectivity index (χ1v) is 10.6. The zero-order valence-corrected chi connectivity index (χ0v) is 15.6. The molecule has 4 aliphatic rings. The molecule has 0 bridgehead atoms. The van der Waals surface area contributed by atoms with Crippen molar-refractivity contribution in [1.82, 2.24) is 0 Å². The van der Waals surface area contributed by atoms with Gasteiger partial charge in [0, 0.05) is 18.3 Å². The maximum atomic E-state index is 12.5. The Hall–Kier alpha value is -1.41. The Morgan fingerprint density at radius 1 is 0.923 bits per heavy atom. The number of carbonyl (C=O) groups excluding carboxylic acids is 1. The molecular formula is C24H30O2. The number of rotatable bonds is 4. The molecule has 0 unspecified atom stereocenters. The van der Waals surface area contributed by atoms with E-state index in [1.807, 2.05) is 0 Å². The summed E-state index contributed by atoms with van der Waals surface area (Å²) in [5, 5.41) is 0. The second-order valence-electron chi connectivity index (χ2n) is 9.06. The van der Waals surface area contributed by atoms with Crippen molar-refractivity contribution in [2.24, 2.45) is 41.4 Å². The van der Waals surface area contributed by atoms with Crippen molar-refractivity contribution >= 4 is 5.78 Å². The Kier molecular flexibility index (Phi) is 4.48. The van der Waals surface area contributed by atoms with E-state index < -0.39 is 0 Å². The number of hydrogen-bond donors (Lipinski definition) is 0.